The lowest BCUT2D eigenvalue weighted by atomic mass is 10.5. The Labute approximate surface area is 37.7 Å². The van der Waals surface area contributed by atoms with Crippen LogP contribution in [0.15, 0.2) is 0 Å². The molecule has 0 saturated heterocycles. The summed E-state index contributed by atoms with van der Waals surface area (Å²) in [5, 5.41) is 9.52. The standard InChI is InChI=1S/C4H9O2/c1-4(2)6-3-5/h4H,3H2,1-2H3. The summed E-state index contributed by atoms with van der Waals surface area (Å²) in [4.78, 5) is 0. The SMILES string of the molecule is CC(C)OC[O]. The van der Waals surface area contributed by atoms with Gasteiger partial charge in [0.1, 0.15) is 0 Å². The number of hydrogen-bond donors (Lipinski definition) is 0. The van der Waals surface area contributed by atoms with Gasteiger partial charge in [-0.05, 0) is 13.8 Å². The van der Waals surface area contributed by atoms with Crippen LogP contribution in [0.25, 0.3) is 0 Å². The van der Waals surface area contributed by atoms with Crippen molar-refractivity contribution in [3.05, 3.63) is 0 Å². The average molecular weight is 89.1 g/mol. The molecule has 0 atom stereocenters. The fraction of sp³-hybridized carbons (Fsp3) is 1.00. The average Bonchev–Trinajstić information content (AvgIpc) is 1.35. The van der Waals surface area contributed by atoms with Crippen molar-refractivity contribution >= 4 is 0 Å². The molecule has 0 fully saturated rings. The molecule has 1 radical (unpaired) electrons. The summed E-state index contributed by atoms with van der Waals surface area (Å²) in [5.41, 5.74) is 0. The highest BCUT2D eigenvalue weighted by Gasteiger charge is 1.85. The van der Waals surface area contributed by atoms with Gasteiger partial charge in [0.25, 0.3) is 0 Å². The zero-order valence-electron chi connectivity index (χ0n) is 4.10. The van der Waals surface area contributed by atoms with Crippen molar-refractivity contribution in [2.75, 3.05) is 6.79 Å². The molecule has 6 heavy (non-hydrogen) atoms. The van der Waals surface area contributed by atoms with Crippen molar-refractivity contribution < 1.29 is 9.84 Å². The van der Waals surface area contributed by atoms with Gasteiger partial charge in [0.05, 0.1) is 6.10 Å². The van der Waals surface area contributed by atoms with E-state index in [1.807, 2.05) is 13.8 Å². The molecule has 0 saturated carbocycles. The topological polar surface area (TPSA) is 29.1 Å². The fourth-order valence-electron chi connectivity index (χ4n) is 0.136. The molecule has 0 aliphatic carbocycles. The molecular formula is C4H9O2. The minimum Gasteiger partial charge on any atom is -0.350 e. The second kappa shape index (κ2) is 3.12. The summed E-state index contributed by atoms with van der Waals surface area (Å²) in [6, 6.07) is 0. The Morgan fingerprint density at radius 2 is 2.17 bits per heavy atom. The van der Waals surface area contributed by atoms with Crippen LogP contribution >= 0.6 is 0 Å². The molecule has 0 unspecified atom stereocenters. The van der Waals surface area contributed by atoms with E-state index in [0.29, 0.717) is 0 Å². The first-order valence-corrected chi connectivity index (χ1v) is 1.97. The number of hydrogen-bond acceptors (Lipinski definition) is 1. The quantitative estimate of drug-likeness (QED) is 0.460. The highest BCUT2D eigenvalue weighted by atomic mass is 16.6. The van der Waals surface area contributed by atoms with Crippen molar-refractivity contribution in [1.29, 1.82) is 0 Å². The Bertz CT molecular complexity index is 26.7. The van der Waals surface area contributed by atoms with Gasteiger partial charge in [-0.15, -0.1) is 0 Å². The molecule has 0 aromatic rings. The van der Waals surface area contributed by atoms with Crippen LogP contribution in [0, 0.1) is 0 Å². The maximum absolute atomic E-state index is 9.52. The summed E-state index contributed by atoms with van der Waals surface area (Å²) >= 11 is 0. The summed E-state index contributed by atoms with van der Waals surface area (Å²) in [6.45, 7) is 3.24. The van der Waals surface area contributed by atoms with Gasteiger partial charge in [-0.2, -0.15) is 0 Å². The summed E-state index contributed by atoms with van der Waals surface area (Å²) in [7, 11) is 0. The van der Waals surface area contributed by atoms with Crippen LogP contribution in [-0.4, -0.2) is 12.9 Å². The zero-order valence-corrected chi connectivity index (χ0v) is 4.10. The van der Waals surface area contributed by atoms with Gasteiger partial charge < -0.3 is 4.74 Å². The Kier molecular flexibility index (Phi) is 3.08. The van der Waals surface area contributed by atoms with E-state index in [9.17, 15) is 5.11 Å². The van der Waals surface area contributed by atoms with Crippen LogP contribution in [0.2, 0.25) is 0 Å². The van der Waals surface area contributed by atoms with E-state index >= 15 is 0 Å². The smallest absolute Gasteiger partial charge is 0.181 e. The van der Waals surface area contributed by atoms with Crippen molar-refractivity contribution in [2.45, 2.75) is 20.0 Å². The molecule has 0 bridgehead atoms. The summed E-state index contributed by atoms with van der Waals surface area (Å²) < 4.78 is 4.49. The lowest BCUT2D eigenvalue weighted by Crippen LogP contribution is -2.00. The van der Waals surface area contributed by atoms with Gasteiger partial charge >= 0.3 is 0 Å². The van der Waals surface area contributed by atoms with Crippen LogP contribution in [-0.2, 0) is 9.84 Å². The second-order valence-electron chi connectivity index (χ2n) is 1.33. The van der Waals surface area contributed by atoms with Crippen LogP contribution in [0.4, 0.5) is 0 Å². The lowest BCUT2D eigenvalue weighted by molar-refractivity contribution is -0.0711. The van der Waals surface area contributed by atoms with E-state index in [2.05, 4.69) is 4.74 Å². The predicted molar refractivity (Wildman–Crippen MR) is 21.8 cm³/mol. The molecule has 0 amide bonds. The number of rotatable bonds is 2. The molecule has 0 N–H and O–H groups in total. The molecule has 2 nitrogen and oxygen atoms in total. The molecule has 0 aromatic heterocycles. The van der Waals surface area contributed by atoms with E-state index in [4.69, 9.17) is 0 Å². The molecule has 0 aromatic carbocycles. The third kappa shape index (κ3) is 3.92. The molecule has 37 valence electrons. The highest BCUT2D eigenvalue weighted by Crippen LogP contribution is 1.82. The molecule has 0 aliphatic heterocycles. The molecular weight excluding hydrogens is 80.0 g/mol. The van der Waals surface area contributed by atoms with Crippen LogP contribution in [0.5, 0.6) is 0 Å². The lowest BCUT2D eigenvalue weighted by Gasteiger charge is -1.98. The molecule has 0 rings (SSSR count). The second-order valence-corrected chi connectivity index (χ2v) is 1.33. The minimum absolute atomic E-state index is 0.0856. The van der Waals surface area contributed by atoms with Crippen molar-refractivity contribution in [2.24, 2.45) is 0 Å². The van der Waals surface area contributed by atoms with Gasteiger partial charge in [-0.25, -0.2) is 5.11 Å². The molecule has 2 heteroatoms. The maximum Gasteiger partial charge on any atom is 0.181 e. The third-order valence-electron chi connectivity index (χ3n) is 0.401. The van der Waals surface area contributed by atoms with Gasteiger partial charge in [-0.3, -0.25) is 0 Å². The summed E-state index contributed by atoms with van der Waals surface area (Å²) in [6.07, 6.45) is 0.0856. The van der Waals surface area contributed by atoms with Crippen LogP contribution in [0.1, 0.15) is 13.8 Å². The fourth-order valence-corrected chi connectivity index (χ4v) is 0.136. The Hall–Kier alpha value is -0.0800. The summed E-state index contributed by atoms with van der Waals surface area (Å²) in [5.74, 6) is 0. The predicted octanol–water partition coefficient (Wildman–Crippen LogP) is 0.799. The van der Waals surface area contributed by atoms with Gasteiger partial charge in [0.2, 0.25) is 0 Å². The first kappa shape index (κ1) is 5.92. The van der Waals surface area contributed by atoms with E-state index in [1.165, 1.54) is 0 Å². The Balaban J connectivity index is 2.63. The molecule has 0 spiro atoms. The highest BCUT2D eigenvalue weighted by molar-refractivity contribution is 4.28. The van der Waals surface area contributed by atoms with Gasteiger partial charge in [-0.1, -0.05) is 0 Å². The zero-order chi connectivity index (χ0) is 4.99. The molecule has 0 heterocycles. The van der Waals surface area contributed by atoms with E-state index < -0.39 is 6.79 Å². The van der Waals surface area contributed by atoms with Crippen LogP contribution < -0.4 is 0 Å². The van der Waals surface area contributed by atoms with Crippen molar-refractivity contribution in [3.63, 3.8) is 0 Å². The maximum atomic E-state index is 9.52. The largest absolute Gasteiger partial charge is 0.350 e. The minimum atomic E-state index is -0.419. The Morgan fingerprint density at radius 1 is 1.67 bits per heavy atom. The van der Waals surface area contributed by atoms with E-state index in [1.54, 1.807) is 0 Å². The van der Waals surface area contributed by atoms with Crippen molar-refractivity contribution in [3.8, 4) is 0 Å². The van der Waals surface area contributed by atoms with Crippen molar-refractivity contribution in [1.82, 2.24) is 0 Å². The molecule has 0 aliphatic rings. The first-order chi connectivity index (χ1) is 2.77. The van der Waals surface area contributed by atoms with Crippen LogP contribution in [0.3, 0.4) is 0 Å². The first-order valence-electron chi connectivity index (χ1n) is 1.97. The third-order valence-corrected chi connectivity index (χ3v) is 0.401. The van der Waals surface area contributed by atoms with E-state index in [-0.39, 0.29) is 6.10 Å². The monoisotopic (exact) mass is 89.1 g/mol. The Morgan fingerprint density at radius 3 is 2.17 bits per heavy atom. The normalized spacial score (nSPS) is 10.0. The number of ether oxygens (including phenoxy) is 1. The van der Waals surface area contributed by atoms with Gasteiger partial charge in [0.15, 0.2) is 6.79 Å². The van der Waals surface area contributed by atoms with E-state index in [0.717, 1.165) is 0 Å². The van der Waals surface area contributed by atoms with Gasteiger partial charge in [0, 0.05) is 0 Å².